The third-order valence-corrected chi connectivity index (χ3v) is 3.14. The van der Waals surface area contributed by atoms with Crippen molar-refractivity contribution in [2.75, 3.05) is 65.0 Å². The lowest BCUT2D eigenvalue weighted by molar-refractivity contribution is 0.424. The van der Waals surface area contributed by atoms with E-state index in [2.05, 4.69) is 35.4 Å². The Hall–Kier alpha value is -1.99. The van der Waals surface area contributed by atoms with E-state index in [9.17, 15) is 0 Å². The highest BCUT2D eigenvalue weighted by Gasteiger charge is 2.09. The summed E-state index contributed by atoms with van der Waals surface area (Å²) in [6, 6.07) is 3.80. The quantitative estimate of drug-likeness (QED) is 0.753. The molecule has 7 nitrogen and oxygen atoms in total. The zero-order valence-electron chi connectivity index (χ0n) is 13.8. The molecule has 0 saturated heterocycles. The van der Waals surface area contributed by atoms with Crippen molar-refractivity contribution in [3.05, 3.63) is 18.3 Å². The van der Waals surface area contributed by atoms with Crippen molar-refractivity contribution in [2.45, 2.75) is 0 Å². The highest BCUT2D eigenvalue weighted by molar-refractivity contribution is 5.76. The van der Waals surface area contributed by atoms with Crippen LogP contribution in [0.4, 0.5) is 11.6 Å². The van der Waals surface area contributed by atoms with Crippen molar-refractivity contribution >= 4 is 22.8 Å². The third kappa shape index (κ3) is 4.78. The molecule has 0 spiro atoms. The number of anilines is 2. The zero-order chi connectivity index (χ0) is 15.9. The van der Waals surface area contributed by atoms with Gasteiger partial charge in [0, 0.05) is 32.4 Å². The molecule has 0 fully saturated rings. The second-order valence-corrected chi connectivity index (χ2v) is 5.73. The second kappa shape index (κ2) is 7.86. The molecule has 0 unspecified atom stereocenters. The summed E-state index contributed by atoms with van der Waals surface area (Å²) in [5.41, 5.74) is 1.46. The maximum atomic E-state index is 4.64. The molecule has 2 heterocycles. The number of fused-ring (bicyclic) bond motifs is 1. The van der Waals surface area contributed by atoms with Gasteiger partial charge in [-0.3, -0.25) is 0 Å². The van der Waals surface area contributed by atoms with Gasteiger partial charge in [-0.05, 0) is 40.3 Å². The number of aromatic nitrogens is 3. The lowest BCUT2D eigenvalue weighted by Crippen LogP contribution is -2.24. The predicted octanol–water partition coefficient (Wildman–Crippen LogP) is 0.972. The van der Waals surface area contributed by atoms with Gasteiger partial charge in [0.15, 0.2) is 17.3 Å². The molecule has 2 aromatic heterocycles. The maximum Gasteiger partial charge on any atom is 0.180 e. The average Bonchev–Trinajstić information content (AvgIpc) is 2.46. The van der Waals surface area contributed by atoms with E-state index < -0.39 is 0 Å². The minimum atomic E-state index is 0.660. The summed E-state index contributed by atoms with van der Waals surface area (Å²) in [6.07, 6.45) is 1.74. The van der Waals surface area contributed by atoms with Crippen molar-refractivity contribution in [3.8, 4) is 0 Å². The summed E-state index contributed by atoms with van der Waals surface area (Å²) >= 11 is 0. The molecule has 120 valence electrons. The van der Waals surface area contributed by atoms with E-state index in [1.165, 1.54) is 0 Å². The standard InChI is InChI=1S/C15H25N7/c1-21(2)10-8-17-14-15(18-9-11-22(3)4)20-13-12(19-14)6-5-7-16-13/h5-7H,8-11H2,1-4H3,(H,17,19)(H,16,18,20). The van der Waals surface area contributed by atoms with Crippen LogP contribution in [0.3, 0.4) is 0 Å². The fourth-order valence-electron chi connectivity index (χ4n) is 1.94. The van der Waals surface area contributed by atoms with Crippen LogP contribution < -0.4 is 10.6 Å². The monoisotopic (exact) mass is 303 g/mol. The van der Waals surface area contributed by atoms with E-state index in [0.717, 1.165) is 43.3 Å². The average molecular weight is 303 g/mol. The first-order valence-corrected chi connectivity index (χ1v) is 7.46. The fourth-order valence-corrected chi connectivity index (χ4v) is 1.94. The smallest absolute Gasteiger partial charge is 0.180 e. The summed E-state index contributed by atoms with van der Waals surface area (Å²) in [6.45, 7) is 3.49. The molecular weight excluding hydrogens is 278 g/mol. The van der Waals surface area contributed by atoms with Crippen molar-refractivity contribution in [1.29, 1.82) is 0 Å². The first kappa shape index (κ1) is 16.4. The summed E-state index contributed by atoms with van der Waals surface area (Å²) < 4.78 is 0. The minimum Gasteiger partial charge on any atom is -0.366 e. The van der Waals surface area contributed by atoms with Crippen LogP contribution in [0.5, 0.6) is 0 Å². The van der Waals surface area contributed by atoms with Crippen LogP contribution >= 0.6 is 0 Å². The van der Waals surface area contributed by atoms with Gasteiger partial charge < -0.3 is 20.4 Å². The largest absolute Gasteiger partial charge is 0.366 e. The topological polar surface area (TPSA) is 69.2 Å². The molecule has 0 aliphatic heterocycles. The highest BCUT2D eigenvalue weighted by Crippen LogP contribution is 2.19. The van der Waals surface area contributed by atoms with Crippen LogP contribution in [0, 0.1) is 0 Å². The van der Waals surface area contributed by atoms with E-state index >= 15 is 0 Å². The van der Waals surface area contributed by atoms with Gasteiger partial charge >= 0.3 is 0 Å². The van der Waals surface area contributed by atoms with Crippen LogP contribution in [-0.2, 0) is 0 Å². The zero-order valence-corrected chi connectivity index (χ0v) is 13.8. The Morgan fingerprint density at radius 3 is 2.09 bits per heavy atom. The van der Waals surface area contributed by atoms with Crippen LogP contribution in [0.15, 0.2) is 18.3 Å². The Labute approximate surface area is 131 Å². The van der Waals surface area contributed by atoms with Crippen molar-refractivity contribution in [3.63, 3.8) is 0 Å². The van der Waals surface area contributed by atoms with E-state index in [0.29, 0.717) is 5.65 Å². The number of likely N-dealkylation sites (N-methyl/N-ethyl adjacent to an activating group) is 2. The molecule has 0 aliphatic rings. The molecule has 0 radical (unpaired) electrons. The van der Waals surface area contributed by atoms with Gasteiger partial charge in [0.25, 0.3) is 0 Å². The molecule has 0 aromatic carbocycles. The molecule has 2 N–H and O–H groups in total. The van der Waals surface area contributed by atoms with E-state index in [1.54, 1.807) is 6.20 Å². The normalized spacial score (nSPS) is 11.4. The second-order valence-electron chi connectivity index (χ2n) is 5.73. The highest BCUT2D eigenvalue weighted by atomic mass is 15.2. The maximum absolute atomic E-state index is 4.64. The van der Waals surface area contributed by atoms with Gasteiger partial charge in [0.05, 0.1) is 0 Å². The summed E-state index contributed by atoms with van der Waals surface area (Å²) in [5.74, 6) is 1.54. The van der Waals surface area contributed by atoms with Gasteiger partial charge in [-0.15, -0.1) is 0 Å². The molecule has 0 saturated carbocycles. The molecular formula is C15H25N7. The minimum absolute atomic E-state index is 0.660. The van der Waals surface area contributed by atoms with Crippen LogP contribution in [0.2, 0.25) is 0 Å². The Morgan fingerprint density at radius 2 is 1.50 bits per heavy atom. The first-order chi connectivity index (χ1) is 10.6. The molecule has 7 heteroatoms. The van der Waals surface area contributed by atoms with Crippen LogP contribution in [-0.4, -0.2) is 79.1 Å². The summed E-state index contributed by atoms with van der Waals surface area (Å²) in [7, 11) is 8.19. The number of rotatable bonds is 8. The Bertz CT molecular complexity index is 545. The van der Waals surface area contributed by atoms with E-state index in [4.69, 9.17) is 0 Å². The van der Waals surface area contributed by atoms with Crippen molar-refractivity contribution in [1.82, 2.24) is 24.8 Å². The van der Waals surface area contributed by atoms with Crippen molar-refractivity contribution < 1.29 is 0 Å². The number of pyridine rings is 1. The summed E-state index contributed by atoms with van der Waals surface area (Å²) in [5, 5.41) is 6.70. The van der Waals surface area contributed by atoms with E-state index in [-0.39, 0.29) is 0 Å². The number of hydrogen-bond acceptors (Lipinski definition) is 7. The summed E-state index contributed by atoms with van der Waals surface area (Å²) in [4.78, 5) is 17.8. The van der Waals surface area contributed by atoms with Gasteiger partial charge in [0.2, 0.25) is 0 Å². The van der Waals surface area contributed by atoms with Gasteiger partial charge in [-0.25, -0.2) is 15.0 Å². The molecule has 0 atom stereocenters. The third-order valence-electron chi connectivity index (χ3n) is 3.14. The number of nitrogens with zero attached hydrogens (tertiary/aromatic N) is 5. The Morgan fingerprint density at radius 1 is 0.909 bits per heavy atom. The molecule has 2 rings (SSSR count). The molecule has 0 aliphatic carbocycles. The number of nitrogens with one attached hydrogen (secondary N) is 2. The van der Waals surface area contributed by atoms with Crippen LogP contribution in [0.1, 0.15) is 0 Å². The lowest BCUT2D eigenvalue weighted by Gasteiger charge is -2.16. The molecule has 2 aromatic rings. The SMILES string of the molecule is CN(C)CCNc1nc2cccnc2nc1NCCN(C)C. The van der Waals surface area contributed by atoms with Crippen LogP contribution in [0.25, 0.3) is 11.2 Å². The first-order valence-electron chi connectivity index (χ1n) is 7.46. The lowest BCUT2D eigenvalue weighted by atomic mass is 10.4. The molecule has 0 bridgehead atoms. The Balaban J connectivity index is 2.16. The number of hydrogen-bond donors (Lipinski definition) is 2. The predicted molar refractivity (Wildman–Crippen MR) is 91.4 cm³/mol. The molecule has 22 heavy (non-hydrogen) atoms. The van der Waals surface area contributed by atoms with Gasteiger partial charge in [-0.2, -0.15) is 0 Å². The molecule has 0 amide bonds. The van der Waals surface area contributed by atoms with Crippen molar-refractivity contribution in [2.24, 2.45) is 0 Å². The van der Waals surface area contributed by atoms with E-state index in [1.807, 2.05) is 40.3 Å². The Kier molecular flexibility index (Phi) is 5.85. The van der Waals surface area contributed by atoms with Gasteiger partial charge in [-0.1, -0.05) is 0 Å². The van der Waals surface area contributed by atoms with Gasteiger partial charge in [0.1, 0.15) is 5.52 Å². The fraction of sp³-hybridized carbons (Fsp3) is 0.533.